The van der Waals surface area contributed by atoms with E-state index < -0.39 is 11.6 Å². The number of hydrogen-bond acceptors (Lipinski definition) is 4. The van der Waals surface area contributed by atoms with Crippen LogP contribution in [0, 0.1) is 11.3 Å². The fourth-order valence-corrected chi connectivity index (χ4v) is 4.72. The van der Waals surface area contributed by atoms with Crippen molar-refractivity contribution in [2.45, 2.75) is 77.3 Å². The van der Waals surface area contributed by atoms with Crippen LogP contribution >= 0.6 is 12.4 Å². The maximum atomic E-state index is 13.0. The van der Waals surface area contributed by atoms with Crippen molar-refractivity contribution in [3.63, 3.8) is 0 Å². The summed E-state index contributed by atoms with van der Waals surface area (Å²) in [5.74, 6) is 0.177. The van der Waals surface area contributed by atoms with Crippen LogP contribution in [0.15, 0.2) is 0 Å². The van der Waals surface area contributed by atoms with Crippen LogP contribution in [0.3, 0.4) is 0 Å². The number of imide groups is 1. The Morgan fingerprint density at radius 1 is 1.18 bits per heavy atom. The molecule has 3 aliphatic rings. The Bertz CT molecular complexity index is 609. The van der Waals surface area contributed by atoms with Gasteiger partial charge in [-0.3, -0.25) is 14.5 Å². The van der Waals surface area contributed by atoms with E-state index in [4.69, 9.17) is 5.73 Å². The highest BCUT2D eigenvalue weighted by Gasteiger charge is 2.53. The second-order valence-electron chi connectivity index (χ2n) is 9.24. The molecule has 1 saturated carbocycles. The van der Waals surface area contributed by atoms with Gasteiger partial charge in [-0.1, -0.05) is 27.2 Å². The molecular weight excluding hydrogens is 380 g/mol. The van der Waals surface area contributed by atoms with Gasteiger partial charge >= 0.3 is 6.03 Å². The fraction of sp³-hybridized carbons (Fsp3) is 0.850. The van der Waals surface area contributed by atoms with Crippen molar-refractivity contribution in [3.05, 3.63) is 0 Å². The lowest BCUT2D eigenvalue weighted by molar-refractivity contribution is -0.140. The molecule has 2 aliphatic heterocycles. The zero-order chi connectivity index (χ0) is 19.8. The number of hydrogen-bond donors (Lipinski definition) is 2. The molecule has 3 fully saturated rings. The third-order valence-corrected chi connectivity index (χ3v) is 7.29. The van der Waals surface area contributed by atoms with Gasteiger partial charge in [0.05, 0.1) is 0 Å². The van der Waals surface area contributed by atoms with Gasteiger partial charge in [-0.25, -0.2) is 4.79 Å². The molecule has 2 heterocycles. The van der Waals surface area contributed by atoms with Crippen molar-refractivity contribution < 1.29 is 14.4 Å². The standard InChI is InChI=1S/C20H34N4O3.ClH/c1-4-19(2,3)14-5-9-20(10-6-14)17(26)24(18(27)22-20)13-16(25)23-11-7-15(21)8-12-23;/h14-15H,4-13,21H2,1-3H3,(H,22,27);1H. The number of rotatable bonds is 4. The van der Waals surface area contributed by atoms with Crippen LogP contribution in [0.2, 0.25) is 0 Å². The van der Waals surface area contributed by atoms with E-state index in [9.17, 15) is 14.4 Å². The first-order chi connectivity index (χ1) is 12.7. The van der Waals surface area contributed by atoms with E-state index in [-0.39, 0.29) is 42.2 Å². The first-order valence-corrected chi connectivity index (χ1v) is 10.4. The predicted molar refractivity (Wildman–Crippen MR) is 110 cm³/mol. The highest BCUT2D eigenvalue weighted by Crippen LogP contribution is 2.45. The molecule has 7 nitrogen and oxygen atoms in total. The second kappa shape index (κ2) is 8.57. The van der Waals surface area contributed by atoms with Gasteiger partial charge in [-0.2, -0.15) is 0 Å². The van der Waals surface area contributed by atoms with E-state index in [1.807, 2.05) is 0 Å². The Morgan fingerprint density at radius 3 is 2.29 bits per heavy atom. The summed E-state index contributed by atoms with van der Waals surface area (Å²) in [5.41, 5.74) is 5.33. The van der Waals surface area contributed by atoms with Crippen LogP contribution in [0.25, 0.3) is 0 Å². The van der Waals surface area contributed by atoms with Gasteiger partial charge in [-0.05, 0) is 49.9 Å². The van der Waals surface area contributed by atoms with Gasteiger partial charge in [-0.15, -0.1) is 12.4 Å². The van der Waals surface area contributed by atoms with Crippen molar-refractivity contribution in [1.29, 1.82) is 0 Å². The first kappa shape index (κ1) is 22.9. The summed E-state index contributed by atoms with van der Waals surface area (Å²) < 4.78 is 0. The summed E-state index contributed by atoms with van der Waals surface area (Å²) in [6.07, 6.45) is 5.82. The van der Waals surface area contributed by atoms with Crippen molar-refractivity contribution in [2.75, 3.05) is 19.6 Å². The topological polar surface area (TPSA) is 95.7 Å². The van der Waals surface area contributed by atoms with Gasteiger partial charge in [0, 0.05) is 19.1 Å². The largest absolute Gasteiger partial charge is 0.341 e. The number of nitrogens with one attached hydrogen (secondary N) is 1. The van der Waals surface area contributed by atoms with Crippen LogP contribution in [-0.2, 0) is 9.59 Å². The number of amides is 4. The first-order valence-electron chi connectivity index (χ1n) is 10.4. The third kappa shape index (κ3) is 4.30. The molecule has 0 unspecified atom stereocenters. The smallest absolute Gasteiger partial charge is 0.325 e. The van der Waals surface area contributed by atoms with Gasteiger partial charge in [0.1, 0.15) is 12.1 Å². The number of nitrogens with zero attached hydrogens (tertiary/aromatic N) is 2. The Morgan fingerprint density at radius 2 is 1.75 bits per heavy atom. The number of urea groups is 1. The van der Waals surface area contributed by atoms with Crippen molar-refractivity contribution in [1.82, 2.24) is 15.1 Å². The second-order valence-corrected chi connectivity index (χ2v) is 9.24. The molecule has 2 saturated heterocycles. The monoisotopic (exact) mass is 414 g/mol. The summed E-state index contributed by atoms with van der Waals surface area (Å²) in [7, 11) is 0. The molecule has 8 heteroatoms. The summed E-state index contributed by atoms with van der Waals surface area (Å²) in [6.45, 7) is 7.80. The Kier molecular flexibility index (Phi) is 7.03. The molecule has 0 aromatic heterocycles. The summed E-state index contributed by atoms with van der Waals surface area (Å²) in [5, 5.41) is 2.92. The number of carbonyl (C=O) groups is 3. The highest BCUT2D eigenvalue weighted by molar-refractivity contribution is 6.09. The minimum absolute atomic E-state index is 0. The Balaban J connectivity index is 0.00000280. The molecule has 160 valence electrons. The van der Waals surface area contributed by atoms with Crippen LogP contribution in [-0.4, -0.2) is 58.9 Å². The van der Waals surface area contributed by atoms with E-state index in [1.165, 1.54) is 0 Å². The Labute approximate surface area is 174 Å². The van der Waals surface area contributed by atoms with E-state index in [0.29, 0.717) is 31.8 Å². The molecule has 0 radical (unpaired) electrons. The molecule has 1 spiro atoms. The molecule has 0 aromatic rings. The maximum Gasteiger partial charge on any atom is 0.325 e. The number of carbonyl (C=O) groups excluding carboxylic acids is 3. The van der Waals surface area contributed by atoms with Crippen LogP contribution in [0.1, 0.15) is 65.7 Å². The maximum absolute atomic E-state index is 13.0. The molecule has 0 atom stereocenters. The van der Waals surface area contributed by atoms with Crippen LogP contribution in [0.5, 0.6) is 0 Å². The lowest BCUT2D eigenvalue weighted by Gasteiger charge is -2.42. The van der Waals surface area contributed by atoms with E-state index in [2.05, 4.69) is 26.1 Å². The summed E-state index contributed by atoms with van der Waals surface area (Å²) in [6, 6.07) is -0.285. The molecule has 1 aliphatic carbocycles. The van der Waals surface area contributed by atoms with Crippen molar-refractivity contribution in [3.8, 4) is 0 Å². The number of piperidine rings is 1. The fourth-order valence-electron chi connectivity index (χ4n) is 4.72. The highest BCUT2D eigenvalue weighted by atomic mass is 35.5. The number of likely N-dealkylation sites (tertiary alicyclic amines) is 1. The normalized spacial score (nSPS) is 29.1. The molecule has 28 heavy (non-hydrogen) atoms. The number of halogens is 1. The summed E-state index contributed by atoms with van der Waals surface area (Å²) in [4.78, 5) is 40.9. The zero-order valence-corrected chi connectivity index (χ0v) is 18.1. The van der Waals surface area contributed by atoms with E-state index in [1.54, 1.807) is 4.90 Å². The average Bonchev–Trinajstić information content (AvgIpc) is 2.86. The van der Waals surface area contributed by atoms with Gasteiger partial charge in [0.25, 0.3) is 5.91 Å². The molecule has 4 amide bonds. The van der Waals surface area contributed by atoms with Gasteiger partial charge in [0.15, 0.2) is 0 Å². The molecule has 3 N–H and O–H groups in total. The lowest BCUT2D eigenvalue weighted by Crippen LogP contribution is -2.51. The lowest BCUT2D eigenvalue weighted by atomic mass is 9.65. The average molecular weight is 415 g/mol. The zero-order valence-electron chi connectivity index (χ0n) is 17.3. The molecule has 3 rings (SSSR count). The minimum Gasteiger partial charge on any atom is -0.341 e. The molecule has 0 aromatic carbocycles. The van der Waals surface area contributed by atoms with Gasteiger partial charge in [0.2, 0.25) is 5.91 Å². The van der Waals surface area contributed by atoms with Crippen LogP contribution in [0.4, 0.5) is 4.79 Å². The molecular formula is C20H35ClN4O3. The molecule has 0 bridgehead atoms. The summed E-state index contributed by atoms with van der Waals surface area (Å²) >= 11 is 0. The van der Waals surface area contributed by atoms with Crippen molar-refractivity contribution in [2.24, 2.45) is 17.1 Å². The van der Waals surface area contributed by atoms with Gasteiger partial charge < -0.3 is 16.0 Å². The van der Waals surface area contributed by atoms with E-state index in [0.717, 1.165) is 37.0 Å². The van der Waals surface area contributed by atoms with Crippen LogP contribution < -0.4 is 11.1 Å². The van der Waals surface area contributed by atoms with E-state index >= 15 is 0 Å². The minimum atomic E-state index is -0.804. The SMILES string of the molecule is CCC(C)(C)C1CCC2(CC1)NC(=O)N(CC(=O)N1CCC(N)CC1)C2=O.Cl. The van der Waals surface area contributed by atoms with Crippen molar-refractivity contribution >= 4 is 30.3 Å². The quantitative estimate of drug-likeness (QED) is 0.689. The third-order valence-electron chi connectivity index (χ3n) is 7.29. The number of nitrogens with two attached hydrogens (primary N) is 1. The predicted octanol–water partition coefficient (Wildman–Crippen LogP) is 2.27. The Hall–Kier alpha value is -1.34.